The molecule has 3 aromatic rings. The van der Waals surface area contributed by atoms with E-state index >= 15 is 0 Å². The van der Waals surface area contributed by atoms with Crippen molar-refractivity contribution >= 4 is 45.2 Å². The van der Waals surface area contributed by atoms with Gasteiger partial charge in [-0.2, -0.15) is 0 Å². The van der Waals surface area contributed by atoms with Crippen LogP contribution in [-0.4, -0.2) is 17.1 Å². The summed E-state index contributed by atoms with van der Waals surface area (Å²) in [7, 11) is 0. The summed E-state index contributed by atoms with van der Waals surface area (Å²) in [5, 5.41) is 10.4. The molecule has 0 saturated heterocycles. The van der Waals surface area contributed by atoms with Gasteiger partial charge in [-0.15, -0.1) is 0 Å². The second kappa shape index (κ2) is 7.64. The maximum atomic E-state index is 12.7. The fourth-order valence-corrected chi connectivity index (χ4v) is 2.86. The van der Waals surface area contributed by atoms with Crippen molar-refractivity contribution in [3.63, 3.8) is 0 Å². The van der Waals surface area contributed by atoms with Gasteiger partial charge in [-0.3, -0.25) is 9.79 Å². The van der Waals surface area contributed by atoms with Crippen LogP contribution in [0.25, 0.3) is 0 Å². The highest BCUT2D eigenvalue weighted by molar-refractivity contribution is 9.10. The smallest absolute Gasteiger partial charge is 0.195 e. The summed E-state index contributed by atoms with van der Waals surface area (Å²) in [6.07, 6.45) is 1.51. The van der Waals surface area contributed by atoms with Crippen molar-refractivity contribution in [3.8, 4) is 5.75 Å². The summed E-state index contributed by atoms with van der Waals surface area (Å²) in [6, 6.07) is 19.0. The average Bonchev–Trinajstić information content (AvgIpc) is 2.63. The third kappa shape index (κ3) is 4.16. The first kappa shape index (κ1) is 17.4. The zero-order chi connectivity index (χ0) is 17.8. The summed E-state index contributed by atoms with van der Waals surface area (Å²) in [6.45, 7) is 0. The first-order valence-electron chi connectivity index (χ1n) is 7.46. The van der Waals surface area contributed by atoms with Crippen molar-refractivity contribution in [3.05, 3.63) is 92.9 Å². The Bertz CT molecular complexity index is 955. The number of aromatic hydroxyl groups is 1. The van der Waals surface area contributed by atoms with Crippen molar-refractivity contribution in [2.24, 2.45) is 4.99 Å². The number of aliphatic imine (C=N–C) groups is 1. The number of hydrogen-bond donors (Lipinski definition) is 1. The lowest BCUT2D eigenvalue weighted by Gasteiger charge is -2.06. The molecule has 0 fully saturated rings. The van der Waals surface area contributed by atoms with Crippen molar-refractivity contribution in [2.75, 3.05) is 0 Å². The van der Waals surface area contributed by atoms with Gasteiger partial charge < -0.3 is 5.11 Å². The molecule has 0 saturated carbocycles. The van der Waals surface area contributed by atoms with Crippen molar-refractivity contribution in [1.82, 2.24) is 0 Å². The quantitative estimate of drug-likeness (QED) is 0.434. The van der Waals surface area contributed by atoms with Crippen LogP contribution >= 0.6 is 27.5 Å². The second-order valence-corrected chi connectivity index (χ2v) is 6.67. The van der Waals surface area contributed by atoms with Crippen LogP contribution in [0.4, 0.5) is 5.69 Å². The largest absolute Gasteiger partial charge is 0.507 e. The molecule has 124 valence electrons. The minimum atomic E-state index is -0.136. The molecule has 5 heteroatoms. The maximum absolute atomic E-state index is 12.7. The predicted molar refractivity (Wildman–Crippen MR) is 104 cm³/mol. The number of carbonyl (C=O) groups excluding carboxylic acids is 1. The Hall–Kier alpha value is -2.43. The number of rotatable bonds is 4. The molecule has 3 aromatic carbocycles. The molecule has 0 aliphatic heterocycles. The Morgan fingerprint density at radius 3 is 2.56 bits per heavy atom. The summed E-state index contributed by atoms with van der Waals surface area (Å²) < 4.78 is 0.818. The molecule has 3 nitrogen and oxygen atoms in total. The predicted octanol–water partition coefficient (Wildman–Crippen LogP) is 5.79. The van der Waals surface area contributed by atoms with Gasteiger partial charge in [0.2, 0.25) is 0 Å². The number of carbonyl (C=O) groups is 1. The van der Waals surface area contributed by atoms with Gasteiger partial charge in [-0.05, 0) is 36.4 Å². The van der Waals surface area contributed by atoms with E-state index < -0.39 is 0 Å². The molecule has 0 spiro atoms. The Morgan fingerprint density at radius 1 is 1.04 bits per heavy atom. The van der Waals surface area contributed by atoms with Gasteiger partial charge in [-0.25, -0.2) is 0 Å². The SMILES string of the molecule is O=C(c1ccccc1)c1ccc(Cl)cc1N=Cc1cc(Br)ccc1O. The number of ketones is 1. The maximum Gasteiger partial charge on any atom is 0.195 e. The highest BCUT2D eigenvalue weighted by Crippen LogP contribution is 2.27. The lowest BCUT2D eigenvalue weighted by Crippen LogP contribution is -2.01. The van der Waals surface area contributed by atoms with E-state index in [9.17, 15) is 9.90 Å². The van der Waals surface area contributed by atoms with Crippen LogP contribution in [0.15, 0.2) is 76.2 Å². The third-order valence-electron chi connectivity index (χ3n) is 3.57. The average molecular weight is 415 g/mol. The van der Waals surface area contributed by atoms with Crippen molar-refractivity contribution in [1.29, 1.82) is 0 Å². The van der Waals surface area contributed by atoms with Crippen LogP contribution in [0, 0.1) is 0 Å². The molecular weight excluding hydrogens is 402 g/mol. The molecule has 0 unspecified atom stereocenters. The fourth-order valence-electron chi connectivity index (χ4n) is 2.32. The van der Waals surface area contributed by atoms with Crippen LogP contribution < -0.4 is 0 Å². The number of hydrogen-bond acceptors (Lipinski definition) is 3. The summed E-state index contributed by atoms with van der Waals surface area (Å²) >= 11 is 9.42. The molecule has 0 radical (unpaired) electrons. The molecule has 0 aliphatic rings. The van der Waals surface area contributed by atoms with Crippen molar-refractivity contribution in [2.45, 2.75) is 0 Å². The summed E-state index contributed by atoms with van der Waals surface area (Å²) in [5.74, 6) is -0.0344. The van der Waals surface area contributed by atoms with E-state index in [4.69, 9.17) is 11.6 Å². The molecule has 0 heterocycles. The molecular formula is C20H13BrClNO2. The van der Waals surface area contributed by atoms with Crippen LogP contribution in [0.5, 0.6) is 5.75 Å². The lowest BCUT2D eigenvalue weighted by atomic mass is 10.0. The van der Waals surface area contributed by atoms with E-state index in [0.29, 0.717) is 27.4 Å². The first-order chi connectivity index (χ1) is 12.0. The Balaban J connectivity index is 2.01. The van der Waals surface area contributed by atoms with Gasteiger partial charge >= 0.3 is 0 Å². The van der Waals surface area contributed by atoms with Gasteiger partial charge in [0, 0.05) is 32.4 Å². The molecule has 0 bridgehead atoms. The second-order valence-electron chi connectivity index (χ2n) is 5.32. The van der Waals surface area contributed by atoms with Gasteiger partial charge in [0.25, 0.3) is 0 Å². The highest BCUT2D eigenvalue weighted by atomic mass is 79.9. The number of benzene rings is 3. The highest BCUT2D eigenvalue weighted by Gasteiger charge is 2.13. The van der Waals surface area contributed by atoms with Crippen LogP contribution in [0.2, 0.25) is 5.02 Å². The number of halogens is 2. The van der Waals surface area contributed by atoms with E-state index in [1.54, 1.807) is 48.5 Å². The molecule has 0 amide bonds. The van der Waals surface area contributed by atoms with Gasteiger partial charge in [0.15, 0.2) is 5.78 Å². The van der Waals surface area contributed by atoms with E-state index in [0.717, 1.165) is 4.47 Å². The lowest BCUT2D eigenvalue weighted by molar-refractivity contribution is 0.103. The standard InChI is InChI=1S/C20H13BrClNO2/c21-15-6-9-19(24)14(10-15)12-23-18-11-16(22)7-8-17(18)20(25)13-4-2-1-3-5-13/h1-12,24H. The van der Waals surface area contributed by atoms with Crippen molar-refractivity contribution < 1.29 is 9.90 Å². The van der Waals surface area contributed by atoms with Crippen LogP contribution in [-0.2, 0) is 0 Å². The molecule has 0 aromatic heterocycles. The normalized spacial score (nSPS) is 11.0. The number of phenols is 1. The topological polar surface area (TPSA) is 49.7 Å². The minimum Gasteiger partial charge on any atom is -0.507 e. The fraction of sp³-hybridized carbons (Fsp3) is 0. The molecule has 3 rings (SSSR count). The molecule has 0 aliphatic carbocycles. The van der Waals surface area contributed by atoms with E-state index in [2.05, 4.69) is 20.9 Å². The Kier molecular flexibility index (Phi) is 5.31. The van der Waals surface area contributed by atoms with E-state index in [-0.39, 0.29) is 11.5 Å². The Labute approximate surface area is 158 Å². The monoisotopic (exact) mass is 413 g/mol. The number of nitrogens with zero attached hydrogens (tertiary/aromatic N) is 1. The zero-order valence-electron chi connectivity index (χ0n) is 13.0. The summed E-state index contributed by atoms with van der Waals surface area (Å²) in [4.78, 5) is 17.1. The zero-order valence-corrected chi connectivity index (χ0v) is 15.3. The first-order valence-corrected chi connectivity index (χ1v) is 8.63. The van der Waals surface area contributed by atoms with E-state index in [1.807, 2.05) is 18.2 Å². The van der Waals surface area contributed by atoms with Crippen LogP contribution in [0.3, 0.4) is 0 Å². The molecule has 1 N–H and O–H groups in total. The summed E-state index contributed by atoms with van der Waals surface area (Å²) in [5.41, 5.74) is 2.00. The van der Waals surface area contributed by atoms with Crippen LogP contribution in [0.1, 0.15) is 21.5 Å². The number of phenolic OH excluding ortho intramolecular Hbond substituents is 1. The van der Waals surface area contributed by atoms with Gasteiger partial charge in [0.05, 0.1) is 5.69 Å². The van der Waals surface area contributed by atoms with Gasteiger partial charge in [0.1, 0.15) is 5.75 Å². The van der Waals surface area contributed by atoms with E-state index in [1.165, 1.54) is 6.21 Å². The minimum absolute atomic E-state index is 0.102. The Morgan fingerprint density at radius 2 is 1.80 bits per heavy atom. The molecule has 25 heavy (non-hydrogen) atoms. The third-order valence-corrected chi connectivity index (χ3v) is 4.30. The van der Waals surface area contributed by atoms with Gasteiger partial charge in [-0.1, -0.05) is 57.9 Å². The molecule has 0 atom stereocenters.